The summed E-state index contributed by atoms with van der Waals surface area (Å²) in [6.45, 7) is 10.7. The Labute approximate surface area is 178 Å². The summed E-state index contributed by atoms with van der Waals surface area (Å²) in [7, 11) is 0. The van der Waals surface area contributed by atoms with Gasteiger partial charge in [0.15, 0.2) is 0 Å². The van der Waals surface area contributed by atoms with Crippen LogP contribution in [-0.2, 0) is 4.79 Å². The van der Waals surface area contributed by atoms with Crippen LogP contribution in [0.3, 0.4) is 0 Å². The fraction of sp³-hybridized carbons (Fsp3) is 0.240. The van der Waals surface area contributed by atoms with Crippen LogP contribution < -0.4 is 5.73 Å². The average Bonchev–Trinajstić information content (AvgIpc) is 3.15. The minimum Gasteiger partial charge on any atom is -0.478 e. The van der Waals surface area contributed by atoms with Crippen molar-refractivity contribution < 1.29 is 9.90 Å². The molecule has 5 heteroatoms. The van der Waals surface area contributed by atoms with Gasteiger partial charge in [-0.15, -0.1) is 0 Å². The third kappa shape index (κ3) is 5.84. The van der Waals surface area contributed by atoms with Gasteiger partial charge in [0.2, 0.25) is 0 Å². The predicted molar refractivity (Wildman–Crippen MR) is 126 cm³/mol. The van der Waals surface area contributed by atoms with Gasteiger partial charge in [0.1, 0.15) is 0 Å². The summed E-state index contributed by atoms with van der Waals surface area (Å²) in [5.41, 5.74) is 9.46. The van der Waals surface area contributed by atoms with Crippen LogP contribution in [0.25, 0.3) is 16.5 Å². The lowest BCUT2D eigenvalue weighted by Crippen LogP contribution is -2.08. The number of carbonyl (C=O) groups is 1. The number of hydrogen-bond donors (Lipinski definition) is 2. The fourth-order valence-electron chi connectivity index (χ4n) is 2.89. The number of aliphatic carboxylic acids is 1. The maximum atomic E-state index is 11.3. The molecule has 0 fully saturated rings. The number of para-hydroxylation sites is 1. The van der Waals surface area contributed by atoms with E-state index in [0.29, 0.717) is 11.3 Å². The molecule has 0 aliphatic carbocycles. The number of carboxylic acids is 1. The first-order chi connectivity index (χ1) is 14.4. The number of aromatic nitrogens is 1. The molecular formula is C25H29N3O2. The molecule has 3 rings (SSSR count). The second-order valence-corrected chi connectivity index (χ2v) is 6.93. The van der Waals surface area contributed by atoms with Gasteiger partial charge in [-0.1, -0.05) is 43.9 Å². The number of aliphatic imine (C=N–C) groups is 1. The standard InChI is InChI=1S/C22H20N2O2.C3H9N/c1-4-7-16(21-12-19(22(25)26)15(3)24-21)10-14(2)18-11-17-8-5-6-9-20(17)23-13-18;1-2-3-4/h4-13,15H,2H2,1,3H3,(H,25,26);2-4H2,1H3/b7-4-,16-10+;. The van der Waals surface area contributed by atoms with Crippen LogP contribution in [0.2, 0.25) is 0 Å². The van der Waals surface area contributed by atoms with E-state index in [-0.39, 0.29) is 6.04 Å². The van der Waals surface area contributed by atoms with Crippen LogP contribution >= 0.6 is 0 Å². The fourth-order valence-corrected chi connectivity index (χ4v) is 2.89. The molecule has 1 aliphatic rings. The van der Waals surface area contributed by atoms with E-state index in [0.717, 1.165) is 40.6 Å². The molecule has 2 aromatic rings. The minimum atomic E-state index is -0.936. The topological polar surface area (TPSA) is 88.6 Å². The highest BCUT2D eigenvalue weighted by atomic mass is 16.4. The number of nitrogens with two attached hydrogens (primary N) is 1. The maximum absolute atomic E-state index is 11.3. The molecule has 1 aliphatic heterocycles. The molecule has 1 unspecified atom stereocenters. The predicted octanol–water partition coefficient (Wildman–Crippen LogP) is 4.96. The van der Waals surface area contributed by atoms with Gasteiger partial charge < -0.3 is 10.8 Å². The quantitative estimate of drug-likeness (QED) is 0.667. The molecule has 0 radical (unpaired) electrons. The number of pyridine rings is 1. The highest BCUT2D eigenvalue weighted by Gasteiger charge is 2.23. The van der Waals surface area contributed by atoms with E-state index in [2.05, 4.69) is 23.5 Å². The number of benzene rings is 1. The minimum absolute atomic E-state index is 0.299. The molecule has 156 valence electrons. The Bertz CT molecular complexity index is 1040. The SMILES string of the molecule is C=C(/C=C(\C=C/C)C1=NC(C)C(C(=O)O)=C1)c1cnc2ccccc2c1.CCCN. The number of hydrogen-bond acceptors (Lipinski definition) is 4. The van der Waals surface area contributed by atoms with Crippen LogP contribution in [0.1, 0.15) is 32.8 Å². The first kappa shape index (κ1) is 23.0. The third-order valence-corrected chi connectivity index (χ3v) is 4.54. The van der Waals surface area contributed by atoms with Gasteiger partial charge in [-0.05, 0) is 62.2 Å². The maximum Gasteiger partial charge on any atom is 0.333 e. The van der Waals surface area contributed by atoms with Gasteiger partial charge in [0, 0.05) is 17.1 Å². The van der Waals surface area contributed by atoms with Gasteiger partial charge in [-0.3, -0.25) is 9.98 Å². The van der Waals surface area contributed by atoms with E-state index >= 15 is 0 Å². The molecule has 0 saturated heterocycles. The van der Waals surface area contributed by atoms with Crippen molar-refractivity contribution in [3.8, 4) is 0 Å². The van der Waals surface area contributed by atoms with Gasteiger partial charge in [0.05, 0.1) is 22.8 Å². The monoisotopic (exact) mass is 403 g/mol. The molecule has 0 bridgehead atoms. The van der Waals surface area contributed by atoms with Crippen LogP contribution in [0, 0.1) is 0 Å². The van der Waals surface area contributed by atoms with E-state index in [1.165, 1.54) is 0 Å². The number of nitrogens with zero attached hydrogens (tertiary/aromatic N) is 2. The molecule has 1 atom stereocenters. The van der Waals surface area contributed by atoms with Gasteiger partial charge >= 0.3 is 5.97 Å². The Balaban J connectivity index is 0.000000735. The summed E-state index contributed by atoms with van der Waals surface area (Å²) in [5.74, 6) is -0.936. The van der Waals surface area contributed by atoms with Crippen molar-refractivity contribution in [2.45, 2.75) is 33.2 Å². The van der Waals surface area contributed by atoms with Crippen molar-refractivity contribution in [3.63, 3.8) is 0 Å². The molecule has 0 spiro atoms. The van der Waals surface area contributed by atoms with Crippen molar-refractivity contribution in [1.29, 1.82) is 0 Å². The summed E-state index contributed by atoms with van der Waals surface area (Å²) < 4.78 is 0. The zero-order valence-electron chi connectivity index (χ0n) is 17.8. The van der Waals surface area contributed by atoms with Crippen LogP contribution in [0.15, 0.2) is 83.6 Å². The largest absolute Gasteiger partial charge is 0.478 e. The third-order valence-electron chi connectivity index (χ3n) is 4.54. The molecule has 5 nitrogen and oxygen atoms in total. The molecule has 2 heterocycles. The molecule has 0 saturated carbocycles. The Kier molecular flexibility index (Phi) is 8.44. The zero-order chi connectivity index (χ0) is 22.1. The summed E-state index contributed by atoms with van der Waals surface area (Å²) in [4.78, 5) is 20.2. The summed E-state index contributed by atoms with van der Waals surface area (Å²) in [6.07, 6.45) is 10.2. The molecule has 0 amide bonds. The second kappa shape index (κ2) is 11.0. The van der Waals surface area contributed by atoms with Crippen molar-refractivity contribution >= 4 is 28.2 Å². The van der Waals surface area contributed by atoms with E-state index < -0.39 is 5.97 Å². The number of allylic oxidation sites excluding steroid dienone is 6. The summed E-state index contributed by atoms with van der Waals surface area (Å²) in [6, 6.07) is 9.61. The Hall–Kier alpha value is -3.31. The Morgan fingerprint density at radius 2 is 2.03 bits per heavy atom. The molecule has 3 N–H and O–H groups in total. The molecular weight excluding hydrogens is 374 g/mol. The second-order valence-electron chi connectivity index (χ2n) is 6.93. The Morgan fingerprint density at radius 1 is 1.33 bits per heavy atom. The van der Waals surface area contributed by atoms with E-state index in [9.17, 15) is 9.90 Å². The summed E-state index contributed by atoms with van der Waals surface area (Å²) >= 11 is 0. The Morgan fingerprint density at radius 3 is 2.63 bits per heavy atom. The number of carboxylic acid groups (broad SMARTS) is 1. The van der Waals surface area contributed by atoms with Gasteiger partial charge in [-0.2, -0.15) is 0 Å². The van der Waals surface area contributed by atoms with E-state index in [1.807, 2.05) is 55.5 Å². The molecule has 1 aromatic carbocycles. The van der Waals surface area contributed by atoms with Crippen LogP contribution in [-0.4, -0.2) is 34.4 Å². The first-order valence-electron chi connectivity index (χ1n) is 10.0. The normalized spacial score (nSPS) is 16.1. The van der Waals surface area contributed by atoms with Crippen LogP contribution in [0.5, 0.6) is 0 Å². The number of rotatable bonds is 6. The van der Waals surface area contributed by atoms with Gasteiger partial charge in [-0.25, -0.2) is 4.79 Å². The molecule has 30 heavy (non-hydrogen) atoms. The van der Waals surface area contributed by atoms with E-state index in [1.54, 1.807) is 19.2 Å². The van der Waals surface area contributed by atoms with Crippen molar-refractivity contribution in [2.75, 3.05) is 6.54 Å². The van der Waals surface area contributed by atoms with Gasteiger partial charge in [0.25, 0.3) is 0 Å². The lowest BCUT2D eigenvalue weighted by atomic mass is 10.0. The van der Waals surface area contributed by atoms with Crippen molar-refractivity contribution in [2.24, 2.45) is 10.7 Å². The van der Waals surface area contributed by atoms with Crippen molar-refractivity contribution in [1.82, 2.24) is 4.98 Å². The lowest BCUT2D eigenvalue weighted by molar-refractivity contribution is -0.132. The summed E-state index contributed by atoms with van der Waals surface area (Å²) in [5, 5.41) is 10.3. The lowest BCUT2D eigenvalue weighted by Gasteiger charge is -2.06. The highest BCUT2D eigenvalue weighted by molar-refractivity contribution is 6.16. The first-order valence-corrected chi connectivity index (χ1v) is 10.0. The van der Waals surface area contributed by atoms with Crippen LogP contribution in [0.4, 0.5) is 0 Å². The van der Waals surface area contributed by atoms with Crippen molar-refractivity contribution in [3.05, 3.63) is 84.1 Å². The smallest absolute Gasteiger partial charge is 0.333 e. The average molecular weight is 404 g/mol. The zero-order valence-corrected chi connectivity index (χ0v) is 17.8. The highest BCUT2D eigenvalue weighted by Crippen LogP contribution is 2.24. The number of fused-ring (bicyclic) bond motifs is 1. The molecule has 1 aromatic heterocycles. The van der Waals surface area contributed by atoms with E-state index in [4.69, 9.17) is 5.73 Å².